The molecule has 0 heterocycles. The summed E-state index contributed by atoms with van der Waals surface area (Å²) < 4.78 is 4.60. The topological polar surface area (TPSA) is 38.3 Å². The second-order valence-corrected chi connectivity index (χ2v) is 4.58. The van der Waals surface area contributed by atoms with Gasteiger partial charge in [-0.3, -0.25) is 4.79 Å². The first kappa shape index (κ1) is 15.0. The van der Waals surface area contributed by atoms with Crippen molar-refractivity contribution in [3.63, 3.8) is 0 Å². The molecule has 0 radical (unpaired) electrons. The van der Waals surface area contributed by atoms with Crippen molar-refractivity contribution in [3.05, 3.63) is 34.9 Å². The van der Waals surface area contributed by atoms with E-state index in [4.69, 9.17) is 11.6 Å². The van der Waals surface area contributed by atoms with E-state index in [0.717, 1.165) is 24.4 Å². The van der Waals surface area contributed by atoms with Crippen LogP contribution < -0.4 is 5.32 Å². The Labute approximate surface area is 113 Å². The normalized spacial score (nSPS) is 12.2. The molecule has 18 heavy (non-hydrogen) atoms. The summed E-state index contributed by atoms with van der Waals surface area (Å²) in [5, 5.41) is 4.18. The molecule has 0 aliphatic heterocycles. The Balaban J connectivity index is 2.38. The number of ether oxygens (including phenoxy) is 1. The Hall–Kier alpha value is -1.06. The van der Waals surface area contributed by atoms with Crippen LogP contribution in [0.1, 0.15) is 37.8 Å². The molecule has 1 aromatic rings. The second kappa shape index (κ2) is 8.11. The van der Waals surface area contributed by atoms with Crippen LogP contribution in [0.4, 0.5) is 0 Å². The third-order valence-corrected chi connectivity index (χ3v) is 3.11. The standard InChI is InChI=1S/C14H20ClNO2/c1-3-13(11-6-8-12(15)9-7-11)16-10-4-5-14(17)18-2/h6-9,13,16H,3-5,10H2,1-2H3. The zero-order chi connectivity index (χ0) is 13.4. The summed E-state index contributed by atoms with van der Waals surface area (Å²) >= 11 is 5.87. The van der Waals surface area contributed by atoms with Gasteiger partial charge in [0.15, 0.2) is 0 Å². The van der Waals surface area contributed by atoms with E-state index in [0.29, 0.717) is 12.5 Å². The highest BCUT2D eigenvalue weighted by Gasteiger charge is 2.08. The first-order valence-corrected chi connectivity index (χ1v) is 6.60. The summed E-state index contributed by atoms with van der Waals surface area (Å²) in [7, 11) is 1.41. The minimum absolute atomic E-state index is 0.156. The molecule has 1 atom stereocenters. The molecule has 0 saturated heterocycles. The molecule has 0 aliphatic rings. The van der Waals surface area contributed by atoms with E-state index in [2.05, 4.69) is 17.0 Å². The van der Waals surface area contributed by atoms with Gasteiger partial charge in [0.25, 0.3) is 0 Å². The zero-order valence-electron chi connectivity index (χ0n) is 10.9. The minimum Gasteiger partial charge on any atom is -0.469 e. The maximum atomic E-state index is 11.0. The van der Waals surface area contributed by atoms with Crippen molar-refractivity contribution in [2.24, 2.45) is 0 Å². The van der Waals surface area contributed by atoms with Gasteiger partial charge in [-0.15, -0.1) is 0 Å². The monoisotopic (exact) mass is 269 g/mol. The fourth-order valence-electron chi connectivity index (χ4n) is 1.80. The number of benzene rings is 1. The molecule has 0 amide bonds. The fourth-order valence-corrected chi connectivity index (χ4v) is 1.93. The van der Waals surface area contributed by atoms with Crippen molar-refractivity contribution < 1.29 is 9.53 Å². The molecule has 0 bridgehead atoms. The van der Waals surface area contributed by atoms with Crippen LogP contribution in [0, 0.1) is 0 Å². The summed E-state index contributed by atoms with van der Waals surface area (Å²) in [6.07, 6.45) is 2.25. The van der Waals surface area contributed by atoms with Crippen molar-refractivity contribution in [1.29, 1.82) is 0 Å². The van der Waals surface area contributed by atoms with Crippen LogP contribution in [0.3, 0.4) is 0 Å². The Morgan fingerprint density at radius 3 is 2.61 bits per heavy atom. The van der Waals surface area contributed by atoms with E-state index in [9.17, 15) is 4.79 Å². The van der Waals surface area contributed by atoms with E-state index in [1.807, 2.05) is 24.3 Å². The Kier molecular flexibility index (Phi) is 6.76. The number of rotatable bonds is 7. The fraction of sp³-hybridized carbons (Fsp3) is 0.500. The summed E-state index contributed by atoms with van der Waals surface area (Å²) in [5.41, 5.74) is 1.22. The van der Waals surface area contributed by atoms with Gasteiger partial charge in [-0.25, -0.2) is 0 Å². The average Bonchev–Trinajstić information content (AvgIpc) is 2.40. The van der Waals surface area contributed by atoms with Crippen molar-refractivity contribution in [2.45, 2.75) is 32.2 Å². The van der Waals surface area contributed by atoms with Crippen LogP contribution in [-0.2, 0) is 9.53 Å². The predicted molar refractivity (Wildman–Crippen MR) is 73.7 cm³/mol. The third-order valence-electron chi connectivity index (χ3n) is 2.86. The van der Waals surface area contributed by atoms with Gasteiger partial charge in [0.2, 0.25) is 0 Å². The maximum Gasteiger partial charge on any atom is 0.305 e. The molecule has 1 aromatic carbocycles. The molecule has 0 aliphatic carbocycles. The van der Waals surface area contributed by atoms with E-state index in [1.54, 1.807) is 0 Å². The molecule has 4 heteroatoms. The van der Waals surface area contributed by atoms with Crippen molar-refractivity contribution >= 4 is 17.6 Å². The van der Waals surface area contributed by atoms with Gasteiger partial charge in [-0.1, -0.05) is 30.7 Å². The summed E-state index contributed by atoms with van der Waals surface area (Å²) in [6, 6.07) is 8.17. The number of nitrogens with one attached hydrogen (secondary N) is 1. The van der Waals surface area contributed by atoms with Crippen molar-refractivity contribution in [3.8, 4) is 0 Å². The highest BCUT2D eigenvalue weighted by molar-refractivity contribution is 6.30. The van der Waals surface area contributed by atoms with Gasteiger partial charge in [0.1, 0.15) is 0 Å². The number of carbonyl (C=O) groups excluding carboxylic acids is 1. The first-order valence-electron chi connectivity index (χ1n) is 6.23. The van der Waals surface area contributed by atoms with Crippen LogP contribution in [0.15, 0.2) is 24.3 Å². The molecule has 0 aromatic heterocycles. The predicted octanol–water partition coefficient (Wildman–Crippen LogP) is 3.33. The molecular formula is C14H20ClNO2. The summed E-state index contributed by atoms with van der Waals surface area (Å²) in [6.45, 7) is 2.93. The molecule has 1 N–H and O–H groups in total. The number of hydrogen-bond donors (Lipinski definition) is 1. The van der Waals surface area contributed by atoms with Gasteiger partial charge in [0, 0.05) is 17.5 Å². The molecule has 3 nitrogen and oxygen atoms in total. The Morgan fingerprint density at radius 1 is 1.39 bits per heavy atom. The average molecular weight is 270 g/mol. The number of methoxy groups -OCH3 is 1. The van der Waals surface area contributed by atoms with Crippen LogP contribution in [0.25, 0.3) is 0 Å². The van der Waals surface area contributed by atoms with E-state index >= 15 is 0 Å². The maximum absolute atomic E-state index is 11.0. The lowest BCUT2D eigenvalue weighted by molar-refractivity contribution is -0.140. The van der Waals surface area contributed by atoms with Crippen LogP contribution in [0.2, 0.25) is 5.02 Å². The smallest absolute Gasteiger partial charge is 0.305 e. The van der Waals surface area contributed by atoms with Crippen LogP contribution >= 0.6 is 11.6 Å². The van der Waals surface area contributed by atoms with Gasteiger partial charge >= 0.3 is 5.97 Å². The number of halogens is 1. The molecular weight excluding hydrogens is 250 g/mol. The molecule has 1 unspecified atom stereocenters. The van der Waals surface area contributed by atoms with E-state index in [-0.39, 0.29) is 5.97 Å². The van der Waals surface area contributed by atoms with Gasteiger partial charge in [-0.2, -0.15) is 0 Å². The van der Waals surface area contributed by atoms with Crippen LogP contribution in [0.5, 0.6) is 0 Å². The zero-order valence-corrected chi connectivity index (χ0v) is 11.7. The Morgan fingerprint density at radius 2 is 2.06 bits per heavy atom. The number of esters is 1. The summed E-state index contributed by atoms with van der Waals surface area (Å²) in [5.74, 6) is -0.156. The molecule has 0 saturated carbocycles. The summed E-state index contributed by atoms with van der Waals surface area (Å²) in [4.78, 5) is 11.0. The highest BCUT2D eigenvalue weighted by Crippen LogP contribution is 2.19. The quantitative estimate of drug-likeness (QED) is 0.609. The highest BCUT2D eigenvalue weighted by atomic mass is 35.5. The van der Waals surface area contributed by atoms with Crippen molar-refractivity contribution in [1.82, 2.24) is 5.32 Å². The number of hydrogen-bond acceptors (Lipinski definition) is 3. The van der Waals surface area contributed by atoms with Crippen LogP contribution in [-0.4, -0.2) is 19.6 Å². The van der Waals surface area contributed by atoms with E-state index < -0.39 is 0 Å². The second-order valence-electron chi connectivity index (χ2n) is 4.15. The Bertz CT molecular complexity index is 365. The van der Waals surface area contributed by atoms with Crippen molar-refractivity contribution in [2.75, 3.05) is 13.7 Å². The lowest BCUT2D eigenvalue weighted by Crippen LogP contribution is -2.22. The minimum atomic E-state index is -0.156. The van der Waals surface area contributed by atoms with E-state index in [1.165, 1.54) is 12.7 Å². The van der Waals surface area contributed by atoms with Gasteiger partial charge in [-0.05, 0) is 37.1 Å². The number of carbonyl (C=O) groups is 1. The lowest BCUT2D eigenvalue weighted by Gasteiger charge is -2.17. The molecule has 1 rings (SSSR count). The lowest BCUT2D eigenvalue weighted by atomic mass is 10.0. The first-order chi connectivity index (χ1) is 8.67. The molecule has 0 fully saturated rings. The molecule has 100 valence electrons. The third kappa shape index (κ3) is 5.07. The SMILES string of the molecule is CCC(NCCCC(=O)OC)c1ccc(Cl)cc1. The van der Waals surface area contributed by atoms with Gasteiger partial charge < -0.3 is 10.1 Å². The molecule has 0 spiro atoms. The van der Waals surface area contributed by atoms with Gasteiger partial charge in [0.05, 0.1) is 7.11 Å². The largest absolute Gasteiger partial charge is 0.469 e.